The highest BCUT2D eigenvalue weighted by Gasteiger charge is 1.99. The van der Waals surface area contributed by atoms with Gasteiger partial charge in [0.1, 0.15) is 0 Å². The van der Waals surface area contributed by atoms with E-state index < -0.39 is 0 Å². The van der Waals surface area contributed by atoms with Crippen LogP contribution in [0.5, 0.6) is 0 Å². The molecular formula is C9H16ClN3. The number of halogens is 1. The summed E-state index contributed by atoms with van der Waals surface area (Å²) in [6.45, 7) is 1.99. The second-order valence-electron chi connectivity index (χ2n) is 3.26. The molecule has 0 fully saturated rings. The lowest BCUT2D eigenvalue weighted by atomic mass is 10.2. The number of nitrogens with zero attached hydrogens (tertiary/aromatic N) is 3. The topological polar surface area (TPSA) is 21.1 Å². The van der Waals surface area contributed by atoms with Crippen LogP contribution in [-0.2, 0) is 13.5 Å². The highest BCUT2D eigenvalue weighted by atomic mass is 35.5. The largest absolute Gasteiger partial charge is 0.305 e. The van der Waals surface area contributed by atoms with Gasteiger partial charge in [-0.15, -0.1) is 11.6 Å². The van der Waals surface area contributed by atoms with Crippen molar-refractivity contribution in [2.45, 2.75) is 6.42 Å². The van der Waals surface area contributed by atoms with Gasteiger partial charge in [0.15, 0.2) is 0 Å². The predicted molar refractivity (Wildman–Crippen MR) is 55.1 cm³/mol. The molecule has 0 bridgehead atoms. The van der Waals surface area contributed by atoms with Crippen molar-refractivity contribution in [3.63, 3.8) is 0 Å². The average Bonchev–Trinajstić information content (AvgIpc) is 2.49. The monoisotopic (exact) mass is 201 g/mol. The van der Waals surface area contributed by atoms with Crippen LogP contribution in [0.4, 0.5) is 0 Å². The van der Waals surface area contributed by atoms with Crippen LogP contribution in [0, 0.1) is 0 Å². The van der Waals surface area contributed by atoms with Crippen LogP contribution in [0.15, 0.2) is 12.4 Å². The Hall–Kier alpha value is -0.540. The molecule has 1 rings (SSSR count). The highest BCUT2D eigenvalue weighted by molar-refractivity contribution is 6.18. The van der Waals surface area contributed by atoms with Gasteiger partial charge in [0.25, 0.3) is 0 Å². The normalized spacial score (nSPS) is 11.1. The quantitative estimate of drug-likeness (QED) is 0.667. The molecule has 1 heterocycles. The molecule has 0 atom stereocenters. The smallest absolute Gasteiger partial charge is 0.0522 e. The molecule has 0 N–H and O–H groups in total. The van der Waals surface area contributed by atoms with Crippen LogP contribution in [0.1, 0.15) is 5.56 Å². The minimum atomic E-state index is 0.698. The Morgan fingerprint density at radius 3 is 2.85 bits per heavy atom. The SMILES string of the molecule is CN(CCCl)CCc1cnn(C)c1. The molecule has 1 aromatic heterocycles. The van der Waals surface area contributed by atoms with Crippen LogP contribution in [0.25, 0.3) is 0 Å². The zero-order chi connectivity index (χ0) is 9.68. The van der Waals surface area contributed by atoms with E-state index in [1.165, 1.54) is 5.56 Å². The van der Waals surface area contributed by atoms with Crippen molar-refractivity contribution in [2.24, 2.45) is 7.05 Å². The molecule has 0 radical (unpaired) electrons. The zero-order valence-electron chi connectivity index (χ0n) is 8.20. The maximum atomic E-state index is 5.62. The Kier molecular flexibility index (Phi) is 4.25. The molecule has 0 saturated heterocycles. The summed E-state index contributed by atoms with van der Waals surface area (Å²) in [5.41, 5.74) is 1.28. The number of likely N-dealkylation sites (N-methyl/N-ethyl adjacent to an activating group) is 1. The number of aryl methyl sites for hydroxylation is 1. The van der Waals surface area contributed by atoms with E-state index >= 15 is 0 Å². The summed E-state index contributed by atoms with van der Waals surface area (Å²) in [5, 5.41) is 4.11. The van der Waals surface area contributed by atoms with E-state index in [-0.39, 0.29) is 0 Å². The maximum Gasteiger partial charge on any atom is 0.0522 e. The molecular weight excluding hydrogens is 186 g/mol. The molecule has 74 valence electrons. The third-order valence-corrected chi connectivity index (χ3v) is 2.18. The van der Waals surface area contributed by atoms with Gasteiger partial charge in [-0.2, -0.15) is 5.10 Å². The van der Waals surface area contributed by atoms with Crippen LogP contribution < -0.4 is 0 Å². The van der Waals surface area contributed by atoms with Gasteiger partial charge in [-0.1, -0.05) is 0 Å². The number of rotatable bonds is 5. The van der Waals surface area contributed by atoms with E-state index in [4.69, 9.17) is 11.6 Å². The summed E-state index contributed by atoms with van der Waals surface area (Å²) in [4.78, 5) is 2.22. The van der Waals surface area contributed by atoms with Gasteiger partial charge in [0.05, 0.1) is 6.20 Å². The third kappa shape index (κ3) is 3.79. The Morgan fingerprint density at radius 2 is 2.31 bits per heavy atom. The van der Waals surface area contributed by atoms with Crippen molar-refractivity contribution in [3.05, 3.63) is 18.0 Å². The fourth-order valence-electron chi connectivity index (χ4n) is 1.18. The third-order valence-electron chi connectivity index (χ3n) is 2.01. The first-order chi connectivity index (χ1) is 6.22. The van der Waals surface area contributed by atoms with Crippen molar-refractivity contribution in [2.75, 3.05) is 26.0 Å². The second-order valence-corrected chi connectivity index (χ2v) is 3.64. The van der Waals surface area contributed by atoms with Crippen molar-refractivity contribution >= 4 is 11.6 Å². The Bertz CT molecular complexity index is 247. The summed E-state index contributed by atoms with van der Waals surface area (Å²) < 4.78 is 1.83. The van der Waals surface area contributed by atoms with E-state index in [0.717, 1.165) is 19.5 Å². The van der Waals surface area contributed by atoms with E-state index in [9.17, 15) is 0 Å². The van der Waals surface area contributed by atoms with Crippen molar-refractivity contribution in [1.29, 1.82) is 0 Å². The zero-order valence-corrected chi connectivity index (χ0v) is 8.96. The Balaban J connectivity index is 2.26. The molecule has 0 aliphatic carbocycles. The van der Waals surface area contributed by atoms with Gasteiger partial charge in [0.2, 0.25) is 0 Å². The molecule has 0 aromatic carbocycles. The fraction of sp³-hybridized carbons (Fsp3) is 0.667. The summed E-state index contributed by atoms with van der Waals surface area (Å²) in [6.07, 6.45) is 5.00. The van der Waals surface area contributed by atoms with Crippen molar-refractivity contribution in [1.82, 2.24) is 14.7 Å². The summed E-state index contributed by atoms with van der Waals surface area (Å²) in [7, 11) is 4.02. The van der Waals surface area contributed by atoms with E-state index in [1.807, 2.05) is 17.9 Å². The Labute approximate surface area is 84.3 Å². The number of alkyl halides is 1. The molecule has 0 aliphatic rings. The van der Waals surface area contributed by atoms with Crippen molar-refractivity contribution in [3.8, 4) is 0 Å². The minimum absolute atomic E-state index is 0.698. The molecule has 4 heteroatoms. The highest BCUT2D eigenvalue weighted by Crippen LogP contribution is 1.98. The first kappa shape index (κ1) is 10.5. The van der Waals surface area contributed by atoms with E-state index in [2.05, 4.69) is 23.2 Å². The first-order valence-corrected chi connectivity index (χ1v) is 4.98. The minimum Gasteiger partial charge on any atom is -0.305 e. The lowest BCUT2D eigenvalue weighted by Gasteiger charge is -2.13. The number of hydrogen-bond donors (Lipinski definition) is 0. The van der Waals surface area contributed by atoms with Gasteiger partial charge in [0, 0.05) is 32.2 Å². The molecule has 0 spiro atoms. The number of hydrogen-bond acceptors (Lipinski definition) is 2. The average molecular weight is 202 g/mol. The van der Waals surface area contributed by atoms with E-state index in [0.29, 0.717) is 5.88 Å². The molecule has 0 unspecified atom stereocenters. The second kappa shape index (κ2) is 5.25. The van der Waals surface area contributed by atoms with Gasteiger partial charge >= 0.3 is 0 Å². The Morgan fingerprint density at radius 1 is 1.54 bits per heavy atom. The maximum absolute atomic E-state index is 5.62. The van der Waals surface area contributed by atoms with Gasteiger partial charge in [-0.05, 0) is 19.0 Å². The molecule has 0 saturated carbocycles. The summed E-state index contributed by atoms with van der Waals surface area (Å²) >= 11 is 5.62. The fourth-order valence-corrected chi connectivity index (χ4v) is 1.47. The van der Waals surface area contributed by atoms with Crippen molar-refractivity contribution < 1.29 is 0 Å². The predicted octanol–water partition coefficient (Wildman–Crippen LogP) is 1.13. The first-order valence-electron chi connectivity index (χ1n) is 4.44. The van der Waals surface area contributed by atoms with Crippen LogP contribution in [-0.4, -0.2) is 40.7 Å². The standard InChI is InChI=1S/C9H16ClN3/c1-12(6-4-10)5-3-9-7-11-13(2)8-9/h7-8H,3-6H2,1-2H3. The molecule has 1 aromatic rings. The van der Waals surface area contributed by atoms with Crippen LogP contribution in [0.2, 0.25) is 0 Å². The van der Waals surface area contributed by atoms with Gasteiger partial charge in [-0.3, -0.25) is 4.68 Å². The molecule has 0 aliphatic heterocycles. The van der Waals surface area contributed by atoms with Crippen LogP contribution >= 0.6 is 11.6 Å². The molecule has 0 amide bonds. The summed E-state index contributed by atoms with van der Waals surface area (Å²) in [6, 6.07) is 0. The van der Waals surface area contributed by atoms with Crippen LogP contribution in [0.3, 0.4) is 0 Å². The lowest BCUT2D eigenvalue weighted by Crippen LogP contribution is -2.23. The molecule has 3 nitrogen and oxygen atoms in total. The summed E-state index contributed by atoms with van der Waals surface area (Å²) in [5.74, 6) is 0.698. The van der Waals surface area contributed by atoms with Gasteiger partial charge in [-0.25, -0.2) is 0 Å². The lowest BCUT2D eigenvalue weighted by molar-refractivity contribution is 0.359. The van der Waals surface area contributed by atoms with E-state index in [1.54, 1.807) is 0 Å². The van der Waals surface area contributed by atoms with Gasteiger partial charge < -0.3 is 4.90 Å². The molecule has 13 heavy (non-hydrogen) atoms. The number of aromatic nitrogens is 2.